The number of carbonyl (C=O) groups is 1. The summed E-state index contributed by atoms with van der Waals surface area (Å²) in [5, 5.41) is 3.92. The van der Waals surface area contributed by atoms with Crippen LogP contribution < -0.4 is 10.9 Å². The average Bonchev–Trinajstić information content (AvgIpc) is 3.29. The molecule has 0 aliphatic rings. The molecule has 0 aliphatic carbocycles. The third-order valence-corrected chi connectivity index (χ3v) is 4.55. The summed E-state index contributed by atoms with van der Waals surface area (Å²) in [7, 11) is 0. The first-order valence-electron chi connectivity index (χ1n) is 7.61. The minimum absolute atomic E-state index is 0.230. The minimum Gasteiger partial charge on any atom is -0.345 e. The van der Waals surface area contributed by atoms with Crippen LogP contribution in [0.4, 0.5) is 0 Å². The van der Waals surface area contributed by atoms with Crippen molar-refractivity contribution in [3.05, 3.63) is 65.7 Å². The van der Waals surface area contributed by atoms with Gasteiger partial charge < -0.3 is 4.98 Å². The van der Waals surface area contributed by atoms with Gasteiger partial charge in [-0.1, -0.05) is 0 Å². The minimum atomic E-state index is -0.230. The number of nitrogens with zero attached hydrogens (tertiary/aromatic N) is 3. The number of fused-ring (bicyclic) bond motifs is 1. The second kappa shape index (κ2) is 6.80. The van der Waals surface area contributed by atoms with Gasteiger partial charge in [-0.3, -0.25) is 15.2 Å². The highest BCUT2D eigenvalue weighted by Crippen LogP contribution is 2.29. The number of thiazole rings is 1. The summed E-state index contributed by atoms with van der Waals surface area (Å²) in [6, 6.07) is 7.35. The Morgan fingerprint density at radius 3 is 3.04 bits per heavy atom. The van der Waals surface area contributed by atoms with Crippen LogP contribution in [-0.2, 0) is 6.54 Å². The molecule has 0 radical (unpaired) electrons. The maximum atomic E-state index is 11.9. The number of aromatic amines is 1. The topological polar surface area (TPSA) is 95.6 Å². The smallest absolute Gasteiger partial charge is 0.266 e. The van der Waals surface area contributed by atoms with Crippen LogP contribution in [-0.4, -0.2) is 25.8 Å². The van der Waals surface area contributed by atoms with Crippen LogP contribution in [0.5, 0.6) is 0 Å². The molecule has 25 heavy (non-hydrogen) atoms. The number of carbonyl (C=O) groups excluding carboxylic acids is 1. The molecule has 1 amide bonds. The van der Waals surface area contributed by atoms with Gasteiger partial charge in [0.25, 0.3) is 5.91 Å². The Labute approximate surface area is 147 Å². The molecular weight excluding hydrogens is 336 g/mol. The van der Waals surface area contributed by atoms with E-state index >= 15 is 0 Å². The third kappa shape index (κ3) is 3.25. The molecule has 4 aromatic rings. The molecule has 4 rings (SSSR count). The molecular formula is C17H14N6OS. The van der Waals surface area contributed by atoms with Crippen molar-refractivity contribution in [1.29, 1.82) is 0 Å². The van der Waals surface area contributed by atoms with Crippen molar-refractivity contribution in [2.75, 3.05) is 0 Å². The quantitative estimate of drug-likeness (QED) is 0.481. The monoisotopic (exact) mass is 350 g/mol. The van der Waals surface area contributed by atoms with Gasteiger partial charge in [0.2, 0.25) is 0 Å². The van der Waals surface area contributed by atoms with Crippen molar-refractivity contribution in [2.24, 2.45) is 0 Å². The fraction of sp³-hybridized carbons (Fsp3) is 0.0588. The first kappa shape index (κ1) is 15.4. The van der Waals surface area contributed by atoms with Gasteiger partial charge in [-0.15, -0.1) is 11.3 Å². The Hall–Kier alpha value is -3.10. The molecule has 0 atom stereocenters. The fourth-order valence-electron chi connectivity index (χ4n) is 2.43. The summed E-state index contributed by atoms with van der Waals surface area (Å²) >= 11 is 1.56. The maximum Gasteiger partial charge on any atom is 0.266 e. The van der Waals surface area contributed by atoms with Gasteiger partial charge in [-0.2, -0.15) is 0 Å². The normalized spacial score (nSPS) is 10.9. The number of hydrogen-bond acceptors (Lipinski definition) is 6. The van der Waals surface area contributed by atoms with E-state index in [9.17, 15) is 4.79 Å². The lowest BCUT2D eigenvalue weighted by Gasteiger charge is -2.05. The molecule has 0 spiro atoms. The first-order chi connectivity index (χ1) is 12.3. The standard InChI is InChI=1S/C17H14N6OS/c24-16(11-3-1-5-18-7-11)23-21-8-12-10-25-17(22-12)14-9-20-15-13(14)4-2-6-19-15/h1-7,9-10,21H,8H2,(H,19,20)(H,23,24). The number of hydrazine groups is 1. The van der Waals surface area contributed by atoms with Crippen molar-refractivity contribution >= 4 is 28.3 Å². The highest BCUT2D eigenvalue weighted by Gasteiger charge is 2.11. The fourth-order valence-corrected chi connectivity index (χ4v) is 3.28. The number of nitrogens with one attached hydrogen (secondary N) is 3. The predicted octanol–water partition coefficient (Wildman–Crippen LogP) is 2.52. The molecule has 0 saturated heterocycles. The van der Waals surface area contributed by atoms with Crippen molar-refractivity contribution in [3.8, 4) is 10.6 Å². The second-order valence-corrected chi connectivity index (χ2v) is 6.15. The second-order valence-electron chi connectivity index (χ2n) is 5.30. The molecule has 0 aliphatic heterocycles. The summed E-state index contributed by atoms with van der Waals surface area (Å²) in [6.45, 7) is 0.434. The number of amides is 1. The molecule has 0 saturated carbocycles. The maximum absolute atomic E-state index is 11.9. The van der Waals surface area contributed by atoms with Gasteiger partial charge in [0.1, 0.15) is 10.7 Å². The Morgan fingerprint density at radius 1 is 1.24 bits per heavy atom. The number of hydrogen-bond donors (Lipinski definition) is 3. The van der Waals surface area contributed by atoms with E-state index in [4.69, 9.17) is 0 Å². The Balaban J connectivity index is 1.41. The number of H-pyrrole nitrogens is 1. The molecule has 0 unspecified atom stereocenters. The summed E-state index contributed by atoms with van der Waals surface area (Å²) in [6.07, 6.45) is 6.81. The molecule has 8 heteroatoms. The molecule has 3 N–H and O–H groups in total. The van der Waals surface area contributed by atoms with Gasteiger partial charge in [0, 0.05) is 41.1 Å². The number of pyridine rings is 2. The van der Waals surface area contributed by atoms with Gasteiger partial charge in [-0.25, -0.2) is 15.4 Å². The zero-order valence-corrected chi connectivity index (χ0v) is 13.9. The van der Waals surface area contributed by atoms with E-state index in [1.54, 1.807) is 35.9 Å². The third-order valence-electron chi connectivity index (χ3n) is 3.63. The van der Waals surface area contributed by atoms with Crippen LogP contribution in [0, 0.1) is 0 Å². The lowest BCUT2D eigenvalue weighted by molar-refractivity contribution is 0.0931. The van der Waals surface area contributed by atoms with Crippen LogP contribution in [0.3, 0.4) is 0 Å². The van der Waals surface area contributed by atoms with Gasteiger partial charge in [-0.05, 0) is 24.3 Å². The average molecular weight is 350 g/mol. The molecule has 4 aromatic heterocycles. The van der Waals surface area contributed by atoms with Gasteiger partial charge >= 0.3 is 0 Å². The molecule has 7 nitrogen and oxygen atoms in total. The summed E-state index contributed by atoms with van der Waals surface area (Å²) < 4.78 is 0. The van der Waals surface area contributed by atoms with E-state index in [2.05, 4.69) is 30.8 Å². The molecule has 0 aromatic carbocycles. The van der Waals surface area contributed by atoms with Crippen molar-refractivity contribution in [2.45, 2.75) is 6.54 Å². The van der Waals surface area contributed by atoms with E-state index in [0.29, 0.717) is 12.1 Å². The lowest BCUT2D eigenvalue weighted by Crippen LogP contribution is -2.36. The van der Waals surface area contributed by atoms with E-state index < -0.39 is 0 Å². The van der Waals surface area contributed by atoms with Crippen molar-refractivity contribution in [1.82, 2.24) is 30.8 Å². The predicted molar refractivity (Wildman–Crippen MR) is 95.7 cm³/mol. The summed E-state index contributed by atoms with van der Waals surface area (Å²) in [5.41, 5.74) is 8.76. The van der Waals surface area contributed by atoms with Gasteiger partial charge in [0.15, 0.2) is 0 Å². The lowest BCUT2D eigenvalue weighted by atomic mass is 10.2. The van der Waals surface area contributed by atoms with E-state index in [1.165, 1.54) is 6.20 Å². The van der Waals surface area contributed by atoms with Crippen LogP contribution >= 0.6 is 11.3 Å². The Bertz CT molecular complexity index is 1010. The van der Waals surface area contributed by atoms with Crippen LogP contribution in [0.1, 0.15) is 16.1 Å². The molecule has 124 valence electrons. The van der Waals surface area contributed by atoms with Gasteiger partial charge in [0.05, 0.1) is 17.8 Å². The SMILES string of the molecule is O=C(NNCc1csc(-c2c[nH]c3ncccc23)n1)c1cccnc1. The van der Waals surface area contributed by atoms with Crippen LogP contribution in [0.15, 0.2) is 54.4 Å². The first-order valence-corrected chi connectivity index (χ1v) is 8.49. The largest absolute Gasteiger partial charge is 0.345 e. The highest BCUT2D eigenvalue weighted by atomic mass is 32.1. The Morgan fingerprint density at radius 2 is 2.16 bits per heavy atom. The van der Waals surface area contributed by atoms with Crippen LogP contribution in [0.25, 0.3) is 21.6 Å². The zero-order valence-electron chi connectivity index (χ0n) is 13.1. The molecule has 0 fully saturated rings. The van der Waals surface area contributed by atoms with E-state index in [0.717, 1.165) is 27.3 Å². The van der Waals surface area contributed by atoms with Crippen molar-refractivity contribution < 1.29 is 4.79 Å². The summed E-state index contributed by atoms with van der Waals surface area (Å²) in [5.74, 6) is -0.230. The van der Waals surface area contributed by atoms with E-state index in [-0.39, 0.29) is 5.91 Å². The molecule has 0 bridgehead atoms. The van der Waals surface area contributed by atoms with Crippen LogP contribution in [0.2, 0.25) is 0 Å². The Kier molecular flexibility index (Phi) is 4.19. The highest BCUT2D eigenvalue weighted by molar-refractivity contribution is 7.13. The molecule has 4 heterocycles. The van der Waals surface area contributed by atoms with Crippen molar-refractivity contribution in [3.63, 3.8) is 0 Å². The number of aromatic nitrogens is 4. The summed E-state index contributed by atoms with van der Waals surface area (Å²) in [4.78, 5) is 27.9. The van der Waals surface area contributed by atoms with E-state index in [1.807, 2.05) is 23.7 Å². The zero-order chi connectivity index (χ0) is 17.1. The number of rotatable bonds is 5.